The lowest BCUT2D eigenvalue weighted by Gasteiger charge is -2.28. The van der Waals surface area contributed by atoms with Crippen molar-refractivity contribution >= 4 is 17.3 Å². The third-order valence-electron chi connectivity index (χ3n) is 3.59. The highest BCUT2D eigenvalue weighted by atomic mass is 35.5. The Labute approximate surface area is 124 Å². The first-order valence-electron chi connectivity index (χ1n) is 6.79. The molecule has 1 fully saturated rings. The zero-order valence-electron chi connectivity index (χ0n) is 11.5. The number of benzene rings is 1. The van der Waals surface area contributed by atoms with Crippen molar-refractivity contribution in [2.45, 2.75) is 6.92 Å². The molecule has 2 aromatic rings. The smallest absolute Gasteiger partial charge is 0.0706 e. The molecular formula is C16H17ClN2O. The van der Waals surface area contributed by atoms with E-state index in [1.807, 2.05) is 24.4 Å². The maximum absolute atomic E-state index is 5.99. The van der Waals surface area contributed by atoms with Gasteiger partial charge >= 0.3 is 0 Å². The maximum Gasteiger partial charge on any atom is 0.0706 e. The molecule has 1 saturated heterocycles. The number of hydrogen-bond donors (Lipinski definition) is 0. The number of hydrogen-bond acceptors (Lipinski definition) is 3. The molecule has 0 radical (unpaired) electrons. The Morgan fingerprint density at radius 1 is 1.15 bits per heavy atom. The van der Waals surface area contributed by atoms with Crippen molar-refractivity contribution in [2.75, 3.05) is 31.2 Å². The van der Waals surface area contributed by atoms with Crippen LogP contribution in [0.25, 0.3) is 11.3 Å². The van der Waals surface area contributed by atoms with Gasteiger partial charge in [-0.15, -0.1) is 0 Å². The highest BCUT2D eigenvalue weighted by Gasteiger charge is 2.12. The van der Waals surface area contributed by atoms with Gasteiger partial charge in [-0.2, -0.15) is 0 Å². The van der Waals surface area contributed by atoms with Crippen LogP contribution in [0.15, 0.2) is 36.5 Å². The van der Waals surface area contributed by atoms with Crippen LogP contribution in [0.4, 0.5) is 5.69 Å². The summed E-state index contributed by atoms with van der Waals surface area (Å²) in [6, 6.07) is 10.1. The molecule has 20 heavy (non-hydrogen) atoms. The Balaban J connectivity index is 1.85. The number of ether oxygens (including phenoxy) is 1. The summed E-state index contributed by atoms with van der Waals surface area (Å²) in [5, 5.41) is 0.760. The summed E-state index contributed by atoms with van der Waals surface area (Å²) >= 11 is 5.99. The Hall–Kier alpha value is -1.58. The zero-order chi connectivity index (χ0) is 13.9. The minimum atomic E-state index is 0.760. The van der Waals surface area contributed by atoms with Gasteiger partial charge in [0.1, 0.15) is 0 Å². The van der Waals surface area contributed by atoms with Gasteiger partial charge in [-0.1, -0.05) is 17.7 Å². The molecule has 0 N–H and O–H groups in total. The molecule has 0 saturated carbocycles. The molecule has 3 nitrogen and oxygen atoms in total. The monoisotopic (exact) mass is 288 g/mol. The predicted molar refractivity (Wildman–Crippen MR) is 82.5 cm³/mol. The SMILES string of the molecule is Cc1cc(Cl)ccc1-c1ccc(N2CCOCC2)cn1. The number of nitrogens with zero attached hydrogens (tertiary/aromatic N) is 2. The van der Waals surface area contributed by atoms with Gasteiger partial charge < -0.3 is 9.64 Å². The van der Waals surface area contributed by atoms with E-state index in [4.69, 9.17) is 16.3 Å². The van der Waals surface area contributed by atoms with Crippen LogP contribution in [-0.2, 0) is 4.74 Å². The molecule has 3 rings (SSSR count). The van der Waals surface area contributed by atoms with E-state index >= 15 is 0 Å². The third-order valence-corrected chi connectivity index (χ3v) is 3.82. The van der Waals surface area contributed by atoms with Crippen molar-refractivity contribution < 1.29 is 4.74 Å². The summed E-state index contributed by atoms with van der Waals surface area (Å²) in [5.74, 6) is 0. The predicted octanol–water partition coefficient (Wildman–Crippen LogP) is 3.55. The summed E-state index contributed by atoms with van der Waals surface area (Å²) < 4.78 is 5.37. The second-order valence-electron chi connectivity index (χ2n) is 4.96. The fourth-order valence-corrected chi connectivity index (χ4v) is 2.70. The first-order valence-corrected chi connectivity index (χ1v) is 7.17. The first kappa shape index (κ1) is 13.4. The Morgan fingerprint density at radius 3 is 2.60 bits per heavy atom. The number of aromatic nitrogens is 1. The number of anilines is 1. The van der Waals surface area contributed by atoms with Crippen LogP contribution in [0.5, 0.6) is 0 Å². The molecule has 2 heterocycles. The van der Waals surface area contributed by atoms with Crippen LogP contribution < -0.4 is 4.90 Å². The van der Waals surface area contributed by atoms with E-state index in [2.05, 4.69) is 28.9 Å². The standard InChI is InChI=1S/C16H17ClN2O/c1-12-10-13(17)2-4-15(12)16-5-3-14(11-18-16)19-6-8-20-9-7-19/h2-5,10-11H,6-9H2,1H3. The molecule has 0 unspecified atom stereocenters. The Morgan fingerprint density at radius 2 is 1.95 bits per heavy atom. The molecule has 1 aromatic carbocycles. The molecule has 0 aliphatic carbocycles. The number of rotatable bonds is 2. The molecule has 1 aliphatic heterocycles. The lowest BCUT2D eigenvalue weighted by atomic mass is 10.1. The van der Waals surface area contributed by atoms with Gasteiger partial charge in [-0.3, -0.25) is 4.98 Å². The first-order chi connectivity index (χ1) is 9.74. The molecule has 0 atom stereocenters. The number of pyridine rings is 1. The minimum absolute atomic E-state index is 0.760. The van der Waals surface area contributed by atoms with E-state index < -0.39 is 0 Å². The molecule has 4 heteroatoms. The zero-order valence-corrected chi connectivity index (χ0v) is 12.2. The molecule has 1 aromatic heterocycles. The van der Waals surface area contributed by atoms with Crippen molar-refractivity contribution in [1.29, 1.82) is 0 Å². The van der Waals surface area contributed by atoms with E-state index in [-0.39, 0.29) is 0 Å². The molecule has 1 aliphatic rings. The summed E-state index contributed by atoms with van der Waals surface area (Å²) in [5.41, 5.74) is 4.41. The maximum atomic E-state index is 5.99. The van der Waals surface area contributed by atoms with Gasteiger partial charge in [-0.25, -0.2) is 0 Å². The van der Waals surface area contributed by atoms with E-state index in [9.17, 15) is 0 Å². The van der Waals surface area contributed by atoms with Crippen LogP contribution in [0.1, 0.15) is 5.56 Å². The van der Waals surface area contributed by atoms with Crippen molar-refractivity contribution in [1.82, 2.24) is 4.98 Å². The lowest BCUT2D eigenvalue weighted by Crippen LogP contribution is -2.36. The average molecular weight is 289 g/mol. The van der Waals surface area contributed by atoms with Gasteiger partial charge in [0.25, 0.3) is 0 Å². The van der Waals surface area contributed by atoms with Crippen molar-refractivity contribution in [2.24, 2.45) is 0 Å². The van der Waals surface area contributed by atoms with Crippen LogP contribution in [0, 0.1) is 6.92 Å². The highest BCUT2D eigenvalue weighted by molar-refractivity contribution is 6.30. The second kappa shape index (κ2) is 5.81. The van der Waals surface area contributed by atoms with Gasteiger partial charge in [0.05, 0.1) is 30.8 Å². The lowest BCUT2D eigenvalue weighted by molar-refractivity contribution is 0.122. The fourth-order valence-electron chi connectivity index (χ4n) is 2.47. The largest absolute Gasteiger partial charge is 0.378 e. The Bertz CT molecular complexity index is 592. The summed E-state index contributed by atoms with van der Waals surface area (Å²) in [4.78, 5) is 6.89. The molecule has 104 valence electrons. The van der Waals surface area contributed by atoms with E-state index in [0.717, 1.165) is 53.8 Å². The molecule has 0 bridgehead atoms. The van der Waals surface area contributed by atoms with Gasteiger partial charge in [0, 0.05) is 23.7 Å². The second-order valence-corrected chi connectivity index (χ2v) is 5.40. The third kappa shape index (κ3) is 2.79. The summed E-state index contributed by atoms with van der Waals surface area (Å²) in [7, 11) is 0. The van der Waals surface area contributed by atoms with E-state index in [0.29, 0.717) is 0 Å². The molecular weight excluding hydrogens is 272 g/mol. The number of morpholine rings is 1. The summed E-state index contributed by atoms with van der Waals surface area (Å²) in [6.07, 6.45) is 1.94. The molecule has 0 amide bonds. The van der Waals surface area contributed by atoms with E-state index in [1.165, 1.54) is 0 Å². The highest BCUT2D eigenvalue weighted by Crippen LogP contribution is 2.26. The normalized spacial score (nSPS) is 15.4. The average Bonchev–Trinajstić information content (AvgIpc) is 2.48. The number of aryl methyl sites for hydroxylation is 1. The topological polar surface area (TPSA) is 25.4 Å². The van der Waals surface area contributed by atoms with Crippen LogP contribution >= 0.6 is 11.6 Å². The molecule has 0 spiro atoms. The fraction of sp³-hybridized carbons (Fsp3) is 0.312. The van der Waals surface area contributed by atoms with Crippen molar-refractivity contribution in [3.05, 3.63) is 47.1 Å². The van der Waals surface area contributed by atoms with Gasteiger partial charge in [0.15, 0.2) is 0 Å². The minimum Gasteiger partial charge on any atom is -0.378 e. The van der Waals surface area contributed by atoms with Crippen molar-refractivity contribution in [3.63, 3.8) is 0 Å². The van der Waals surface area contributed by atoms with Gasteiger partial charge in [-0.05, 0) is 36.8 Å². The quantitative estimate of drug-likeness (QED) is 0.845. The van der Waals surface area contributed by atoms with Crippen molar-refractivity contribution in [3.8, 4) is 11.3 Å². The van der Waals surface area contributed by atoms with Crippen LogP contribution in [-0.4, -0.2) is 31.3 Å². The van der Waals surface area contributed by atoms with Gasteiger partial charge in [0.2, 0.25) is 0 Å². The summed E-state index contributed by atoms with van der Waals surface area (Å²) in [6.45, 7) is 5.50. The van der Waals surface area contributed by atoms with E-state index in [1.54, 1.807) is 0 Å². The van der Waals surface area contributed by atoms with Crippen LogP contribution in [0.3, 0.4) is 0 Å². The van der Waals surface area contributed by atoms with Crippen LogP contribution in [0.2, 0.25) is 5.02 Å². The number of halogens is 1. The Kier molecular flexibility index (Phi) is 3.90.